The third kappa shape index (κ3) is 5.54. The average Bonchev–Trinajstić information content (AvgIpc) is 2.66. The average molecular weight is 458 g/mol. The van der Waals surface area contributed by atoms with E-state index < -0.39 is 39.5 Å². The summed E-state index contributed by atoms with van der Waals surface area (Å²) >= 11 is 0. The fourth-order valence-corrected chi connectivity index (χ4v) is 3.49. The second-order valence-electron chi connectivity index (χ2n) is 7.02. The van der Waals surface area contributed by atoms with Gasteiger partial charge in [0.2, 0.25) is 10.0 Å². The summed E-state index contributed by atoms with van der Waals surface area (Å²) in [6, 6.07) is 6.15. The molecule has 1 aliphatic heterocycles. The van der Waals surface area contributed by atoms with Gasteiger partial charge in [-0.2, -0.15) is 13.2 Å². The highest BCUT2D eigenvalue weighted by molar-refractivity contribution is 7.92. The Morgan fingerprint density at radius 3 is 2.48 bits per heavy atom. The van der Waals surface area contributed by atoms with Crippen molar-refractivity contribution in [1.82, 2.24) is 5.32 Å². The lowest BCUT2D eigenvalue weighted by atomic mass is 10.0. The van der Waals surface area contributed by atoms with Crippen molar-refractivity contribution < 1.29 is 35.5 Å². The Morgan fingerprint density at radius 1 is 1.16 bits per heavy atom. The molecule has 31 heavy (non-hydrogen) atoms. The van der Waals surface area contributed by atoms with Crippen LogP contribution in [0.15, 0.2) is 42.0 Å². The summed E-state index contributed by atoms with van der Waals surface area (Å²) in [7, 11) is -3.65. The van der Waals surface area contributed by atoms with Crippen LogP contribution in [0.2, 0.25) is 0 Å². The van der Waals surface area contributed by atoms with Gasteiger partial charge in [-0.1, -0.05) is 12.1 Å². The molecular formula is C20H18F4N2O4S. The maximum absolute atomic E-state index is 14.2. The number of amides is 1. The summed E-state index contributed by atoms with van der Waals surface area (Å²) in [6.45, 7) is 1.38. The summed E-state index contributed by atoms with van der Waals surface area (Å²) in [5.41, 5.74) is -0.160. The molecule has 3 rings (SSSR count). The van der Waals surface area contributed by atoms with Crippen molar-refractivity contribution in [2.24, 2.45) is 0 Å². The van der Waals surface area contributed by atoms with E-state index >= 15 is 0 Å². The molecule has 166 valence electrons. The molecule has 1 atom stereocenters. The molecular weight excluding hydrogens is 440 g/mol. The number of hydrogen-bond acceptors (Lipinski definition) is 4. The second kappa shape index (κ2) is 8.22. The van der Waals surface area contributed by atoms with Gasteiger partial charge in [0, 0.05) is 5.56 Å². The zero-order valence-corrected chi connectivity index (χ0v) is 17.2. The number of fused-ring (bicyclic) bond motifs is 1. The molecule has 0 radical (unpaired) electrons. The Labute approximate surface area is 176 Å². The summed E-state index contributed by atoms with van der Waals surface area (Å²) < 4.78 is 82.4. The molecule has 0 unspecified atom stereocenters. The lowest BCUT2D eigenvalue weighted by Crippen LogP contribution is -2.31. The van der Waals surface area contributed by atoms with Gasteiger partial charge >= 0.3 is 6.18 Å². The van der Waals surface area contributed by atoms with Crippen LogP contribution in [0.4, 0.5) is 23.2 Å². The first-order valence-corrected chi connectivity index (χ1v) is 10.9. The van der Waals surface area contributed by atoms with Crippen molar-refractivity contribution in [1.29, 1.82) is 0 Å². The van der Waals surface area contributed by atoms with E-state index in [1.54, 1.807) is 6.92 Å². The van der Waals surface area contributed by atoms with Crippen LogP contribution in [0.5, 0.6) is 5.75 Å². The molecule has 6 nitrogen and oxygen atoms in total. The number of carbonyl (C=O) groups is 1. The van der Waals surface area contributed by atoms with E-state index in [0.717, 1.165) is 24.5 Å². The van der Waals surface area contributed by atoms with E-state index in [2.05, 4.69) is 5.32 Å². The van der Waals surface area contributed by atoms with E-state index in [1.807, 2.05) is 4.72 Å². The van der Waals surface area contributed by atoms with Gasteiger partial charge in [0.15, 0.2) is 0 Å². The van der Waals surface area contributed by atoms with Gasteiger partial charge in [0.1, 0.15) is 18.2 Å². The van der Waals surface area contributed by atoms with Gasteiger partial charge in [0.05, 0.1) is 29.1 Å². The summed E-state index contributed by atoms with van der Waals surface area (Å²) in [5.74, 6) is -1.31. The zero-order valence-electron chi connectivity index (χ0n) is 16.4. The molecule has 1 heterocycles. The normalized spacial score (nSPS) is 14.7. The lowest BCUT2D eigenvalue weighted by Gasteiger charge is -2.21. The van der Waals surface area contributed by atoms with Gasteiger partial charge < -0.3 is 10.1 Å². The molecule has 11 heteroatoms. The highest BCUT2D eigenvalue weighted by atomic mass is 32.2. The van der Waals surface area contributed by atoms with Crippen LogP contribution in [-0.2, 0) is 21.0 Å². The van der Waals surface area contributed by atoms with Crippen molar-refractivity contribution in [3.8, 4) is 5.75 Å². The molecule has 0 fully saturated rings. The number of hydrogen-bond donors (Lipinski definition) is 2. The van der Waals surface area contributed by atoms with E-state index in [0.29, 0.717) is 11.1 Å². The van der Waals surface area contributed by atoms with Gasteiger partial charge in [-0.05, 0) is 42.8 Å². The molecule has 1 aliphatic rings. The minimum absolute atomic E-state index is 0.0236. The SMILES string of the molecule is C[C@@H](NC(=O)C1=Cc2ccc(C(F)(F)F)cc2OC1)c1ccc(NS(C)(=O)=O)c(F)c1. The molecule has 2 aromatic carbocycles. The van der Waals surface area contributed by atoms with Gasteiger partial charge in [-0.25, -0.2) is 12.8 Å². The number of anilines is 1. The summed E-state index contributed by atoms with van der Waals surface area (Å²) in [4.78, 5) is 12.5. The summed E-state index contributed by atoms with van der Waals surface area (Å²) in [5, 5.41) is 2.65. The molecule has 0 spiro atoms. The molecule has 0 saturated carbocycles. The fraction of sp³-hybridized carbons (Fsp3) is 0.250. The Hall–Kier alpha value is -3.08. The third-order valence-corrected chi connectivity index (χ3v) is 5.07. The first-order chi connectivity index (χ1) is 14.3. The van der Waals surface area contributed by atoms with Gasteiger partial charge in [0.25, 0.3) is 5.91 Å². The highest BCUT2D eigenvalue weighted by Gasteiger charge is 2.32. The third-order valence-electron chi connectivity index (χ3n) is 4.48. The van der Waals surface area contributed by atoms with Crippen molar-refractivity contribution in [2.45, 2.75) is 19.1 Å². The van der Waals surface area contributed by atoms with E-state index in [-0.39, 0.29) is 23.6 Å². The minimum atomic E-state index is -4.50. The van der Waals surface area contributed by atoms with Crippen molar-refractivity contribution in [3.63, 3.8) is 0 Å². The van der Waals surface area contributed by atoms with Gasteiger partial charge in [-0.15, -0.1) is 0 Å². The molecule has 2 aromatic rings. The van der Waals surface area contributed by atoms with Crippen LogP contribution >= 0.6 is 0 Å². The topological polar surface area (TPSA) is 84.5 Å². The fourth-order valence-electron chi connectivity index (χ4n) is 2.93. The Kier molecular flexibility index (Phi) is 5.99. The van der Waals surface area contributed by atoms with E-state index in [9.17, 15) is 30.8 Å². The number of benzene rings is 2. The number of sulfonamides is 1. The first-order valence-electron chi connectivity index (χ1n) is 8.96. The van der Waals surface area contributed by atoms with Crippen LogP contribution in [0, 0.1) is 5.82 Å². The van der Waals surface area contributed by atoms with Crippen LogP contribution in [0.1, 0.15) is 29.7 Å². The summed E-state index contributed by atoms with van der Waals surface area (Å²) in [6.07, 6.45) is -2.18. The number of carbonyl (C=O) groups excluding carboxylic acids is 1. The molecule has 0 bridgehead atoms. The highest BCUT2D eigenvalue weighted by Crippen LogP contribution is 2.35. The van der Waals surface area contributed by atoms with Gasteiger partial charge in [-0.3, -0.25) is 9.52 Å². The van der Waals surface area contributed by atoms with Crippen LogP contribution < -0.4 is 14.8 Å². The maximum Gasteiger partial charge on any atom is 0.416 e. The number of halogens is 4. The number of ether oxygens (including phenoxy) is 1. The first kappa shape index (κ1) is 22.6. The second-order valence-corrected chi connectivity index (χ2v) is 8.77. The van der Waals surface area contributed by atoms with Crippen molar-refractivity contribution >= 4 is 27.7 Å². The predicted octanol–water partition coefficient (Wildman–Crippen LogP) is 3.87. The van der Waals surface area contributed by atoms with Crippen LogP contribution in [0.25, 0.3) is 6.08 Å². The number of nitrogens with one attached hydrogen (secondary N) is 2. The standard InChI is InChI=1S/C20H18F4N2O4S/c1-11(12-4-6-17(16(21)8-12)26-31(2,28)29)25-19(27)14-7-13-3-5-15(20(22,23)24)9-18(13)30-10-14/h3-9,11,26H,10H2,1-2H3,(H,25,27)/t11-/m1/s1. The lowest BCUT2D eigenvalue weighted by molar-refractivity contribution is -0.137. The largest absolute Gasteiger partial charge is 0.488 e. The Morgan fingerprint density at radius 2 is 1.87 bits per heavy atom. The van der Waals surface area contributed by atoms with E-state index in [4.69, 9.17) is 4.74 Å². The molecule has 0 aromatic heterocycles. The molecule has 1 amide bonds. The number of alkyl halides is 3. The quantitative estimate of drug-likeness (QED) is 0.667. The van der Waals surface area contributed by atoms with Crippen LogP contribution in [-0.4, -0.2) is 27.2 Å². The van der Waals surface area contributed by atoms with Crippen molar-refractivity contribution in [2.75, 3.05) is 17.6 Å². The predicted molar refractivity (Wildman–Crippen MR) is 106 cm³/mol. The zero-order chi connectivity index (χ0) is 23.0. The monoisotopic (exact) mass is 458 g/mol. The minimum Gasteiger partial charge on any atom is -0.488 e. The number of rotatable bonds is 5. The molecule has 0 aliphatic carbocycles. The Balaban J connectivity index is 1.73. The molecule has 2 N–H and O–H groups in total. The van der Waals surface area contributed by atoms with Crippen molar-refractivity contribution in [3.05, 3.63) is 64.5 Å². The van der Waals surface area contributed by atoms with E-state index in [1.165, 1.54) is 24.3 Å². The van der Waals surface area contributed by atoms with Crippen LogP contribution in [0.3, 0.4) is 0 Å². The molecule has 0 saturated heterocycles. The maximum atomic E-state index is 14.2. The smallest absolute Gasteiger partial charge is 0.416 e. The Bertz CT molecular complexity index is 1160.